The van der Waals surface area contributed by atoms with Gasteiger partial charge in [0, 0.05) is 23.9 Å². The molecule has 0 unspecified atom stereocenters. The van der Waals surface area contributed by atoms with Crippen molar-refractivity contribution in [3.05, 3.63) is 78.6 Å². The van der Waals surface area contributed by atoms with Crippen molar-refractivity contribution in [2.24, 2.45) is 0 Å². The molecule has 0 aliphatic heterocycles. The van der Waals surface area contributed by atoms with Gasteiger partial charge in [-0.05, 0) is 36.4 Å². The monoisotopic (exact) mass is 277 g/mol. The van der Waals surface area contributed by atoms with Crippen molar-refractivity contribution in [3.63, 3.8) is 0 Å². The van der Waals surface area contributed by atoms with Crippen LogP contribution in [0, 0.1) is 0 Å². The number of hydrogen-bond acceptors (Lipinski definition) is 2. The molecule has 0 spiro atoms. The molecule has 21 heavy (non-hydrogen) atoms. The number of hydrogen-bond donors (Lipinski definition) is 0. The molecule has 0 aliphatic carbocycles. The Morgan fingerprint density at radius 1 is 0.952 bits per heavy atom. The zero-order chi connectivity index (χ0) is 14.7. The molecule has 3 nitrogen and oxygen atoms in total. The van der Waals surface area contributed by atoms with Crippen molar-refractivity contribution in [2.75, 3.05) is 11.9 Å². The number of nitrogens with zero attached hydrogens (tertiary/aromatic N) is 1. The van der Waals surface area contributed by atoms with Gasteiger partial charge in [-0.25, -0.2) is 0 Å². The third kappa shape index (κ3) is 2.72. The minimum Gasteiger partial charge on any atom is -0.464 e. The zero-order valence-corrected chi connectivity index (χ0v) is 11.7. The molecular formula is C18H15NO2. The fraction of sp³-hybridized carbons (Fsp3) is 0.0556. The van der Waals surface area contributed by atoms with Crippen molar-refractivity contribution in [3.8, 4) is 11.3 Å². The third-order valence-corrected chi connectivity index (χ3v) is 3.36. The maximum absolute atomic E-state index is 12.6. The van der Waals surface area contributed by atoms with E-state index in [4.69, 9.17) is 4.42 Å². The van der Waals surface area contributed by atoms with E-state index in [0.717, 1.165) is 17.0 Å². The van der Waals surface area contributed by atoms with Crippen LogP contribution in [-0.2, 0) is 0 Å². The smallest absolute Gasteiger partial charge is 0.258 e. The van der Waals surface area contributed by atoms with Crippen LogP contribution in [0.4, 0.5) is 5.69 Å². The molecule has 0 saturated heterocycles. The highest BCUT2D eigenvalue weighted by molar-refractivity contribution is 6.06. The van der Waals surface area contributed by atoms with Gasteiger partial charge in [0.15, 0.2) is 0 Å². The number of carbonyl (C=O) groups is 1. The molecule has 1 aromatic heterocycles. The third-order valence-electron chi connectivity index (χ3n) is 3.36. The van der Waals surface area contributed by atoms with Crippen LogP contribution in [0.5, 0.6) is 0 Å². The summed E-state index contributed by atoms with van der Waals surface area (Å²) in [5.74, 6) is 0.710. The minimum atomic E-state index is -0.0467. The lowest BCUT2D eigenvalue weighted by Gasteiger charge is -2.17. The predicted molar refractivity (Wildman–Crippen MR) is 83.3 cm³/mol. The summed E-state index contributed by atoms with van der Waals surface area (Å²) in [4.78, 5) is 14.2. The summed E-state index contributed by atoms with van der Waals surface area (Å²) in [6, 6.07) is 20.7. The molecule has 0 atom stereocenters. The lowest BCUT2D eigenvalue weighted by Crippen LogP contribution is -2.26. The van der Waals surface area contributed by atoms with E-state index < -0.39 is 0 Å². The Labute approximate surface area is 123 Å². The van der Waals surface area contributed by atoms with Crippen LogP contribution >= 0.6 is 0 Å². The van der Waals surface area contributed by atoms with Gasteiger partial charge >= 0.3 is 0 Å². The second kappa shape index (κ2) is 5.67. The van der Waals surface area contributed by atoms with Crippen LogP contribution in [0.25, 0.3) is 11.3 Å². The molecule has 104 valence electrons. The van der Waals surface area contributed by atoms with E-state index in [2.05, 4.69) is 0 Å². The fourth-order valence-corrected chi connectivity index (χ4v) is 2.21. The van der Waals surface area contributed by atoms with Crippen molar-refractivity contribution in [1.82, 2.24) is 0 Å². The molecule has 3 heteroatoms. The van der Waals surface area contributed by atoms with Crippen LogP contribution in [0.15, 0.2) is 77.4 Å². The van der Waals surface area contributed by atoms with Gasteiger partial charge in [0.05, 0.1) is 6.26 Å². The highest BCUT2D eigenvalue weighted by atomic mass is 16.3. The summed E-state index contributed by atoms with van der Waals surface area (Å²) >= 11 is 0. The Morgan fingerprint density at radius 2 is 1.76 bits per heavy atom. The van der Waals surface area contributed by atoms with Crippen LogP contribution in [0.3, 0.4) is 0 Å². The van der Waals surface area contributed by atoms with Crippen molar-refractivity contribution >= 4 is 11.6 Å². The lowest BCUT2D eigenvalue weighted by atomic mass is 10.1. The molecule has 1 amide bonds. The van der Waals surface area contributed by atoms with E-state index in [-0.39, 0.29) is 5.91 Å². The minimum absolute atomic E-state index is 0.0467. The van der Waals surface area contributed by atoms with E-state index in [9.17, 15) is 4.79 Å². The second-order valence-corrected chi connectivity index (χ2v) is 4.76. The van der Waals surface area contributed by atoms with Crippen LogP contribution in [0.1, 0.15) is 10.4 Å². The predicted octanol–water partition coefficient (Wildman–Crippen LogP) is 4.22. The standard InChI is InChI=1S/C18H15NO2/c1-19(16-9-3-2-4-10-16)18(20)15-8-5-7-14(13-15)17-11-6-12-21-17/h2-13H,1H3. The molecule has 0 N–H and O–H groups in total. The Hall–Kier alpha value is -2.81. The summed E-state index contributed by atoms with van der Waals surface area (Å²) in [5.41, 5.74) is 2.40. The van der Waals surface area contributed by atoms with Gasteiger partial charge in [-0.2, -0.15) is 0 Å². The first kappa shape index (κ1) is 13.2. The highest BCUT2D eigenvalue weighted by Gasteiger charge is 2.14. The quantitative estimate of drug-likeness (QED) is 0.718. The molecule has 3 aromatic rings. The molecule has 3 rings (SSSR count). The summed E-state index contributed by atoms with van der Waals surface area (Å²) in [7, 11) is 1.78. The average Bonchev–Trinajstić information content (AvgIpc) is 3.09. The Morgan fingerprint density at radius 3 is 2.48 bits per heavy atom. The maximum atomic E-state index is 12.6. The van der Waals surface area contributed by atoms with Gasteiger partial charge < -0.3 is 9.32 Å². The number of carbonyl (C=O) groups excluding carboxylic acids is 1. The van der Waals surface area contributed by atoms with Crippen molar-refractivity contribution in [2.45, 2.75) is 0 Å². The van der Waals surface area contributed by atoms with Gasteiger partial charge in [-0.3, -0.25) is 4.79 Å². The fourth-order valence-electron chi connectivity index (χ4n) is 2.21. The van der Waals surface area contributed by atoms with Gasteiger partial charge in [0.2, 0.25) is 0 Å². The molecule has 0 saturated carbocycles. The summed E-state index contributed by atoms with van der Waals surface area (Å²) in [6.45, 7) is 0. The molecule has 0 bridgehead atoms. The van der Waals surface area contributed by atoms with Crippen LogP contribution in [0.2, 0.25) is 0 Å². The highest BCUT2D eigenvalue weighted by Crippen LogP contribution is 2.22. The molecule has 2 aromatic carbocycles. The molecule has 0 fully saturated rings. The summed E-state index contributed by atoms with van der Waals surface area (Å²) < 4.78 is 5.37. The number of para-hydroxylation sites is 1. The van der Waals surface area contributed by atoms with Gasteiger partial charge in [-0.1, -0.05) is 30.3 Å². The number of amides is 1. The van der Waals surface area contributed by atoms with E-state index in [0.29, 0.717) is 5.56 Å². The number of anilines is 1. The van der Waals surface area contributed by atoms with E-state index in [1.165, 1.54) is 0 Å². The Kier molecular flexibility index (Phi) is 3.56. The lowest BCUT2D eigenvalue weighted by molar-refractivity contribution is 0.0993. The second-order valence-electron chi connectivity index (χ2n) is 4.76. The molecule has 1 heterocycles. The first-order chi connectivity index (χ1) is 10.3. The SMILES string of the molecule is CN(C(=O)c1cccc(-c2ccco2)c1)c1ccccc1. The summed E-state index contributed by atoms with van der Waals surface area (Å²) in [5, 5.41) is 0. The van der Waals surface area contributed by atoms with Gasteiger partial charge in [-0.15, -0.1) is 0 Å². The van der Waals surface area contributed by atoms with E-state index in [1.807, 2.05) is 66.7 Å². The van der Waals surface area contributed by atoms with Crippen LogP contribution < -0.4 is 4.90 Å². The van der Waals surface area contributed by atoms with E-state index in [1.54, 1.807) is 18.2 Å². The normalized spacial score (nSPS) is 10.3. The van der Waals surface area contributed by atoms with Gasteiger partial charge in [0.25, 0.3) is 5.91 Å². The van der Waals surface area contributed by atoms with Crippen molar-refractivity contribution < 1.29 is 9.21 Å². The molecular weight excluding hydrogens is 262 g/mol. The number of furan rings is 1. The van der Waals surface area contributed by atoms with E-state index >= 15 is 0 Å². The average molecular weight is 277 g/mol. The van der Waals surface area contributed by atoms with Crippen molar-refractivity contribution in [1.29, 1.82) is 0 Å². The Balaban J connectivity index is 1.90. The Bertz CT molecular complexity index is 733. The van der Waals surface area contributed by atoms with Crippen LogP contribution in [-0.4, -0.2) is 13.0 Å². The molecule has 0 radical (unpaired) electrons. The summed E-state index contributed by atoms with van der Waals surface area (Å²) in [6.07, 6.45) is 1.62. The number of benzene rings is 2. The zero-order valence-electron chi connectivity index (χ0n) is 11.7. The maximum Gasteiger partial charge on any atom is 0.258 e. The van der Waals surface area contributed by atoms with Gasteiger partial charge in [0.1, 0.15) is 5.76 Å². The topological polar surface area (TPSA) is 33.5 Å². The number of rotatable bonds is 3. The molecule has 0 aliphatic rings. The largest absolute Gasteiger partial charge is 0.464 e. The first-order valence-corrected chi connectivity index (χ1v) is 6.73. The first-order valence-electron chi connectivity index (χ1n) is 6.73.